The predicted molar refractivity (Wildman–Crippen MR) is 117 cm³/mol. The molecular formula is C23H24N4O5. The third kappa shape index (κ3) is 6.02. The van der Waals surface area contributed by atoms with Gasteiger partial charge in [-0.05, 0) is 19.1 Å². The van der Waals surface area contributed by atoms with Crippen molar-refractivity contribution in [2.45, 2.75) is 6.92 Å². The average Bonchev–Trinajstić information content (AvgIpc) is 3.24. The first-order valence-electron chi connectivity index (χ1n) is 9.94. The Bertz CT molecular complexity index is 1080. The number of hydrogen-bond donors (Lipinski definition) is 2. The summed E-state index contributed by atoms with van der Waals surface area (Å²) in [6.45, 7) is 1.92. The van der Waals surface area contributed by atoms with Gasteiger partial charge in [-0.15, -0.1) is 0 Å². The molecule has 2 aromatic carbocycles. The number of esters is 1. The number of ether oxygens (including phenoxy) is 2. The summed E-state index contributed by atoms with van der Waals surface area (Å²) < 4.78 is 11.5. The van der Waals surface area contributed by atoms with Crippen LogP contribution < -0.4 is 10.6 Å². The van der Waals surface area contributed by atoms with E-state index in [0.717, 1.165) is 16.8 Å². The van der Waals surface area contributed by atoms with Gasteiger partial charge in [-0.3, -0.25) is 10.1 Å². The quantitative estimate of drug-likeness (QED) is 0.415. The van der Waals surface area contributed by atoms with Crippen LogP contribution in [-0.4, -0.2) is 54.6 Å². The van der Waals surface area contributed by atoms with Gasteiger partial charge in [0.05, 0.1) is 12.3 Å². The Morgan fingerprint density at radius 3 is 2.44 bits per heavy atom. The Labute approximate surface area is 185 Å². The molecule has 3 rings (SSSR count). The zero-order valence-electron chi connectivity index (χ0n) is 17.8. The topological polar surface area (TPSA) is 112 Å². The minimum Gasteiger partial charge on any atom is -0.452 e. The number of carbonyl (C=O) groups excluding carboxylic acids is 3. The second-order valence-corrected chi connectivity index (χ2v) is 6.91. The monoisotopic (exact) mass is 436 g/mol. The van der Waals surface area contributed by atoms with E-state index in [1.807, 2.05) is 61.5 Å². The van der Waals surface area contributed by atoms with Gasteiger partial charge in [-0.1, -0.05) is 48.0 Å². The van der Waals surface area contributed by atoms with Crippen molar-refractivity contribution in [2.75, 3.05) is 26.9 Å². The van der Waals surface area contributed by atoms with Gasteiger partial charge in [0.25, 0.3) is 5.91 Å². The van der Waals surface area contributed by atoms with Crippen LogP contribution in [0.1, 0.15) is 15.9 Å². The molecule has 3 amide bonds. The number of methoxy groups -OCH3 is 1. The average molecular weight is 436 g/mol. The van der Waals surface area contributed by atoms with E-state index in [9.17, 15) is 14.4 Å². The molecule has 0 atom stereocenters. The highest BCUT2D eigenvalue weighted by Crippen LogP contribution is 2.24. The van der Waals surface area contributed by atoms with Crippen molar-refractivity contribution < 1.29 is 23.9 Å². The summed E-state index contributed by atoms with van der Waals surface area (Å²) in [5, 5.41) is 9.08. The van der Waals surface area contributed by atoms with E-state index in [4.69, 9.17) is 9.47 Å². The van der Waals surface area contributed by atoms with Gasteiger partial charge in [-0.25, -0.2) is 14.3 Å². The summed E-state index contributed by atoms with van der Waals surface area (Å²) >= 11 is 0. The standard InChI is InChI=1S/C23H24N4O5/c1-16-8-10-18(11-9-16)27-14-19(21(26-27)17-6-4-3-5-7-17)22(29)32-15-20(28)25-23(30)24-12-13-31-2/h3-11,14H,12-13,15H2,1-2H3,(H2,24,25,28,30). The first-order chi connectivity index (χ1) is 15.5. The fourth-order valence-electron chi connectivity index (χ4n) is 2.84. The first-order valence-corrected chi connectivity index (χ1v) is 9.94. The fraction of sp³-hybridized carbons (Fsp3) is 0.217. The van der Waals surface area contributed by atoms with Crippen LogP contribution in [0.4, 0.5) is 4.79 Å². The maximum Gasteiger partial charge on any atom is 0.342 e. The van der Waals surface area contributed by atoms with Crippen molar-refractivity contribution in [1.29, 1.82) is 0 Å². The highest BCUT2D eigenvalue weighted by molar-refractivity contribution is 5.99. The van der Waals surface area contributed by atoms with Crippen molar-refractivity contribution in [3.05, 3.63) is 71.9 Å². The van der Waals surface area contributed by atoms with Gasteiger partial charge in [-0.2, -0.15) is 5.10 Å². The molecule has 1 aromatic heterocycles. The van der Waals surface area contributed by atoms with Crippen molar-refractivity contribution in [2.24, 2.45) is 0 Å². The Hall–Kier alpha value is -3.98. The molecule has 0 aliphatic rings. The van der Waals surface area contributed by atoms with Crippen molar-refractivity contribution in [1.82, 2.24) is 20.4 Å². The number of aryl methyl sites for hydroxylation is 1. The summed E-state index contributed by atoms with van der Waals surface area (Å²) in [6, 6.07) is 16.2. The molecule has 0 unspecified atom stereocenters. The molecule has 3 aromatic rings. The lowest BCUT2D eigenvalue weighted by Crippen LogP contribution is -2.42. The number of imide groups is 1. The van der Waals surface area contributed by atoms with Gasteiger partial charge in [0, 0.05) is 25.4 Å². The normalized spacial score (nSPS) is 10.4. The van der Waals surface area contributed by atoms with Gasteiger partial charge in [0.15, 0.2) is 6.61 Å². The van der Waals surface area contributed by atoms with Crippen LogP contribution in [-0.2, 0) is 14.3 Å². The third-order valence-corrected chi connectivity index (χ3v) is 4.46. The molecule has 2 N–H and O–H groups in total. The highest BCUT2D eigenvalue weighted by Gasteiger charge is 2.21. The summed E-state index contributed by atoms with van der Waals surface area (Å²) in [5.41, 5.74) is 3.23. The van der Waals surface area contributed by atoms with Gasteiger partial charge < -0.3 is 14.8 Å². The van der Waals surface area contributed by atoms with E-state index in [-0.39, 0.29) is 12.1 Å². The molecule has 0 radical (unpaired) electrons. The van der Waals surface area contributed by atoms with Gasteiger partial charge >= 0.3 is 12.0 Å². The van der Waals surface area contributed by atoms with Gasteiger partial charge in [0.1, 0.15) is 11.3 Å². The van der Waals surface area contributed by atoms with Crippen LogP contribution in [0.2, 0.25) is 0 Å². The van der Waals surface area contributed by atoms with E-state index in [1.54, 1.807) is 10.9 Å². The van der Waals surface area contributed by atoms with E-state index in [2.05, 4.69) is 15.7 Å². The van der Waals surface area contributed by atoms with Crippen LogP contribution in [0.5, 0.6) is 0 Å². The molecular weight excluding hydrogens is 412 g/mol. The first kappa shape index (κ1) is 22.7. The molecule has 9 nitrogen and oxygen atoms in total. The molecule has 0 saturated heterocycles. The fourth-order valence-corrected chi connectivity index (χ4v) is 2.84. The molecule has 32 heavy (non-hydrogen) atoms. The van der Waals surface area contributed by atoms with Crippen LogP contribution in [0.25, 0.3) is 16.9 Å². The minimum absolute atomic E-state index is 0.203. The van der Waals surface area contributed by atoms with E-state index in [0.29, 0.717) is 12.3 Å². The molecule has 0 aliphatic carbocycles. The molecule has 0 spiro atoms. The lowest BCUT2D eigenvalue weighted by molar-refractivity contribution is -0.123. The molecule has 0 aliphatic heterocycles. The van der Waals surface area contributed by atoms with Gasteiger partial charge in [0.2, 0.25) is 0 Å². The van der Waals surface area contributed by atoms with E-state index >= 15 is 0 Å². The Balaban J connectivity index is 1.74. The van der Waals surface area contributed by atoms with Crippen molar-refractivity contribution >= 4 is 17.9 Å². The number of nitrogens with one attached hydrogen (secondary N) is 2. The smallest absolute Gasteiger partial charge is 0.342 e. The zero-order valence-corrected chi connectivity index (χ0v) is 17.8. The Morgan fingerprint density at radius 1 is 1.03 bits per heavy atom. The van der Waals surface area contributed by atoms with Crippen LogP contribution >= 0.6 is 0 Å². The lowest BCUT2D eigenvalue weighted by Gasteiger charge is -2.07. The largest absolute Gasteiger partial charge is 0.452 e. The predicted octanol–water partition coefficient (Wildman–Crippen LogP) is 2.48. The number of aromatic nitrogens is 2. The number of rotatable bonds is 8. The number of urea groups is 1. The SMILES string of the molecule is COCCNC(=O)NC(=O)COC(=O)c1cn(-c2ccc(C)cc2)nc1-c1ccccc1. The Morgan fingerprint density at radius 2 is 1.75 bits per heavy atom. The van der Waals surface area contributed by atoms with Crippen LogP contribution in [0.3, 0.4) is 0 Å². The van der Waals surface area contributed by atoms with Crippen molar-refractivity contribution in [3.63, 3.8) is 0 Å². The molecule has 0 saturated carbocycles. The second-order valence-electron chi connectivity index (χ2n) is 6.91. The Kier molecular flexibility index (Phi) is 7.71. The lowest BCUT2D eigenvalue weighted by atomic mass is 10.1. The molecule has 0 bridgehead atoms. The molecule has 9 heteroatoms. The summed E-state index contributed by atoms with van der Waals surface area (Å²) in [7, 11) is 1.49. The zero-order chi connectivity index (χ0) is 22.9. The number of amides is 3. The third-order valence-electron chi connectivity index (χ3n) is 4.46. The number of nitrogens with zero attached hydrogens (tertiary/aromatic N) is 2. The number of carbonyl (C=O) groups is 3. The molecule has 166 valence electrons. The maximum absolute atomic E-state index is 12.8. The summed E-state index contributed by atoms with van der Waals surface area (Å²) in [5.74, 6) is -1.47. The number of benzene rings is 2. The van der Waals surface area contributed by atoms with E-state index in [1.165, 1.54) is 7.11 Å². The number of hydrogen-bond acceptors (Lipinski definition) is 6. The molecule has 0 fully saturated rings. The van der Waals surface area contributed by atoms with Crippen LogP contribution in [0, 0.1) is 6.92 Å². The molecule has 1 heterocycles. The second kappa shape index (κ2) is 10.9. The van der Waals surface area contributed by atoms with E-state index < -0.39 is 24.5 Å². The highest BCUT2D eigenvalue weighted by atomic mass is 16.5. The van der Waals surface area contributed by atoms with Crippen LogP contribution in [0.15, 0.2) is 60.8 Å². The minimum atomic E-state index is -0.750. The maximum atomic E-state index is 12.8. The van der Waals surface area contributed by atoms with Crippen molar-refractivity contribution in [3.8, 4) is 16.9 Å². The summed E-state index contributed by atoms with van der Waals surface area (Å²) in [6.07, 6.45) is 1.56. The summed E-state index contributed by atoms with van der Waals surface area (Å²) in [4.78, 5) is 36.3.